The van der Waals surface area contributed by atoms with Crippen LogP contribution >= 0.6 is 11.6 Å². The van der Waals surface area contributed by atoms with Crippen molar-refractivity contribution in [2.45, 2.75) is 20.5 Å². The summed E-state index contributed by atoms with van der Waals surface area (Å²) in [4.78, 5) is 4.41. The molecule has 5 rings (SSSR count). The van der Waals surface area contributed by atoms with Gasteiger partial charge >= 0.3 is 0 Å². The summed E-state index contributed by atoms with van der Waals surface area (Å²) < 4.78 is 9.47. The molecule has 1 aromatic carbocycles. The summed E-state index contributed by atoms with van der Waals surface area (Å²) in [5.74, 6) is 0.736. The summed E-state index contributed by atoms with van der Waals surface area (Å²) >= 11 is 6.71. The van der Waals surface area contributed by atoms with Gasteiger partial charge in [0.25, 0.3) is 0 Å². The molecule has 0 unspecified atom stereocenters. The Morgan fingerprint density at radius 1 is 1.03 bits per heavy atom. The Bertz CT molecular complexity index is 1350. The SMILES string of the molecule is CCOCc1nnc2c(Cl)c(-c3ccc4c(ccn4-c4ccc(C)nc4)c3)ccn12. The number of hydrogen-bond acceptors (Lipinski definition) is 4. The van der Waals surface area contributed by atoms with Crippen molar-refractivity contribution in [2.75, 3.05) is 6.61 Å². The van der Waals surface area contributed by atoms with Crippen LogP contribution in [0.25, 0.3) is 33.4 Å². The highest BCUT2D eigenvalue weighted by Crippen LogP contribution is 2.33. The van der Waals surface area contributed by atoms with Crippen LogP contribution in [0.3, 0.4) is 0 Å². The lowest BCUT2D eigenvalue weighted by Crippen LogP contribution is -1.99. The van der Waals surface area contributed by atoms with Gasteiger partial charge in [-0.3, -0.25) is 9.38 Å². The fourth-order valence-electron chi connectivity index (χ4n) is 3.63. The number of aryl methyl sites for hydroxylation is 1. The molecule has 0 aliphatic rings. The Balaban J connectivity index is 1.55. The average Bonchev–Trinajstić information content (AvgIpc) is 3.37. The van der Waals surface area contributed by atoms with E-state index >= 15 is 0 Å². The lowest BCUT2D eigenvalue weighted by atomic mass is 10.0. The van der Waals surface area contributed by atoms with E-state index in [1.807, 2.05) is 42.8 Å². The van der Waals surface area contributed by atoms with E-state index in [0.29, 0.717) is 23.9 Å². The number of rotatable bonds is 5. The Hall–Kier alpha value is -3.22. The number of pyridine rings is 2. The van der Waals surface area contributed by atoms with Crippen LogP contribution in [0.1, 0.15) is 18.4 Å². The van der Waals surface area contributed by atoms with Gasteiger partial charge in [0.15, 0.2) is 11.5 Å². The fraction of sp³-hybridized carbons (Fsp3) is 0.174. The summed E-state index contributed by atoms with van der Waals surface area (Å²) in [6.07, 6.45) is 5.89. The smallest absolute Gasteiger partial charge is 0.180 e. The number of fused-ring (bicyclic) bond motifs is 2. The molecule has 30 heavy (non-hydrogen) atoms. The molecule has 0 atom stereocenters. The third kappa shape index (κ3) is 3.14. The van der Waals surface area contributed by atoms with Crippen LogP contribution in [0.4, 0.5) is 0 Å². The second-order valence-electron chi connectivity index (χ2n) is 7.11. The molecule has 0 saturated carbocycles. The van der Waals surface area contributed by atoms with Gasteiger partial charge in [-0.1, -0.05) is 17.7 Å². The molecule has 4 heterocycles. The van der Waals surface area contributed by atoms with Crippen molar-refractivity contribution in [1.82, 2.24) is 24.1 Å². The fourth-order valence-corrected chi connectivity index (χ4v) is 3.93. The number of aromatic nitrogens is 5. The van der Waals surface area contributed by atoms with E-state index in [2.05, 4.69) is 56.3 Å². The molecule has 5 aromatic rings. The lowest BCUT2D eigenvalue weighted by Gasteiger charge is -2.09. The van der Waals surface area contributed by atoms with Crippen molar-refractivity contribution in [2.24, 2.45) is 0 Å². The van der Waals surface area contributed by atoms with Crippen LogP contribution < -0.4 is 0 Å². The molecule has 0 bridgehead atoms. The first-order valence-corrected chi connectivity index (χ1v) is 10.2. The minimum Gasteiger partial charge on any atom is -0.374 e. The van der Waals surface area contributed by atoms with E-state index in [1.165, 1.54) is 0 Å². The maximum absolute atomic E-state index is 6.71. The first-order chi connectivity index (χ1) is 14.7. The number of ether oxygens (including phenoxy) is 1. The second kappa shape index (κ2) is 7.55. The standard InChI is InChI=1S/C23H20ClN5O/c1-3-30-14-21-26-27-23-22(24)19(9-11-29(21)23)16-5-7-20-17(12-16)8-10-28(20)18-6-4-15(2)25-13-18/h4-13H,3,14H2,1-2H3. The molecule has 7 heteroatoms. The molecule has 0 aliphatic heterocycles. The molecule has 0 N–H and O–H groups in total. The summed E-state index contributed by atoms with van der Waals surface area (Å²) in [7, 11) is 0. The molecule has 150 valence electrons. The van der Waals surface area contributed by atoms with E-state index in [1.54, 1.807) is 0 Å². The second-order valence-corrected chi connectivity index (χ2v) is 7.49. The zero-order valence-electron chi connectivity index (χ0n) is 16.7. The van der Waals surface area contributed by atoms with Gasteiger partial charge in [-0.2, -0.15) is 0 Å². The molecular formula is C23H20ClN5O. The molecule has 4 aromatic heterocycles. The van der Waals surface area contributed by atoms with Gasteiger partial charge in [-0.25, -0.2) is 0 Å². The molecule has 0 spiro atoms. The van der Waals surface area contributed by atoms with Gasteiger partial charge < -0.3 is 9.30 Å². The summed E-state index contributed by atoms with van der Waals surface area (Å²) in [5, 5.41) is 10.2. The van der Waals surface area contributed by atoms with Gasteiger partial charge in [0.1, 0.15) is 6.61 Å². The van der Waals surface area contributed by atoms with Crippen molar-refractivity contribution in [3.63, 3.8) is 0 Å². The Kier molecular flexibility index (Phi) is 4.73. The largest absolute Gasteiger partial charge is 0.374 e. The van der Waals surface area contributed by atoms with E-state index < -0.39 is 0 Å². The van der Waals surface area contributed by atoms with E-state index in [4.69, 9.17) is 16.3 Å². The molecule has 0 saturated heterocycles. The highest BCUT2D eigenvalue weighted by Gasteiger charge is 2.14. The van der Waals surface area contributed by atoms with Crippen LogP contribution in [0.5, 0.6) is 0 Å². The third-order valence-corrected chi connectivity index (χ3v) is 5.57. The van der Waals surface area contributed by atoms with Crippen molar-refractivity contribution in [3.8, 4) is 16.8 Å². The van der Waals surface area contributed by atoms with Gasteiger partial charge in [0.05, 0.1) is 22.4 Å². The van der Waals surface area contributed by atoms with Gasteiger partial charge in [0.2, 0.25) is 0 Å². The van der Waals surface area contributed by atoms with Crippen LogP contribution in [-0.2, 0) is 11.3 Å². The molecule has 6 nitrogen and oxygen atoms in total. The summed E-state index contributed by atoms with van der Waals surface area (Å²) in [5.41, 5.74) is 5.74. The predicted octanol–water partition coefficient (Wildman–Crippen LogP) is 5.23. The van der Waals surface area contributed by atoms with Crippen LogP contribution in [0.15, 0.2) is 61.1 Å². The van der Waals surface area contributed by atoms with Crippen molar-refractivity contribution in [3.05, 3.63) is 77.6 Å². The minimum atomic E-state index is 0.403. The minimum absolute atomic E-state index is 0.403. The average molecular weight is 418 g/mol. The number of nitrogens with zero attached hydrogens (tertiary/aromatic N) is 5. The lowest BCUT2D eigenvalue weighted by molar-refractivity contribution is 0.127. The maximum Gasteiger partial charge on any atom is 0.180 e. The van der Waals surface area contributed by atoms with E-state index in [-0.39, 0.29) is 0 Å². The zero-order valence-corrected chi connectivity index (χ0v) is 17.5. The highest BCUT2D eigenvalue weighted by molar-refractivity contribution is 6.36. The molecular weight excluding hydrogens is 398 g/mol. The predicted molar refractivity (Wildman–Crippen MR) is 118 cm³/mol. The van der Waals surface area contributed by atoms with Crippen LogP contribution in [0.2, 0.25) is 5.02 Å². The first kappa shape index (κ1) is 18.8. The molecule has 0 aliphatic carbocycles. The van der Waals surface area contributed by atoms with Gasteiger partial charge in [0, 0.05) is 35.6 Å². The molecule has 0 amide bonds. The van der Waals surface area contributed by atoms with Crippen LogP contribution in [-0.4, -0.2) is 30.8 Å². The number of halogens is 1. The first-order valence-electron chi connectivity index (χ1n) is 9.80. The monoisotopic (exact) mass is 417 g/mol. The third-order valence-electron chi connectivity index (χ3n) is 5.20. The summed E-state index contributed by atoms with van der Waals surface area (Å²) in [6, 6.07) is 14.5. The topological polar surface area (TPSA) is 57.2 Å². The number of hydrogen-bond donors (Lipinski definition) is 0. The van der Waals surface area contributed by atoms with Crippen molar-refractivity contribution in [1.29, 1.82) is 0 Å². The van der Waals surface area contributed by atoms with E-state index in [0.717, 1.165) is 39.2 Å². The number of benzene rings is 1. The van der Waals surface area contributed by atoms with Gasteiger partial charge in [-0.05, 0) is 55.8 Å². The van der Waals surface area contributed by atoms with Gasteiger partial charge in [-0.15, -0.1) is 10.2 Å². The Morgan fingerprint density at radius 3 is 2.73 bits per heavy atom. The zero-order chi connectivity index (χ0) is 20.7. The molecule has 0 radical (unpaired) electrons. The van der Waals surface area contributed by atoms with Crippen molar-refractivity contribution >= 4 is 28.2 Å². The van der Waals surface area contributed by atoms with E-state index in [9.17, 15) is 0 Å². The quantitative estimate of drug-likeness (QED) is 0.392. The van der Waals surface area contributed by atoms with Crippen LogP contribution in [0, 0.1) is 6.92 Å². The Morgan fingerprint density at radius 2 is 1.93 bits per heavy atom. The Labute approximate surface area is 178 Å². The normalized spacial score (nSPS) is 11.6. The summed E-state index contributed by atoms with van der Waals surface area (Å²) in [6.45, 7) is 4.96. The molecule has 0 fully saturated rings. The maximum atomic E-state index is 6.71. The highest BCUT2D eigenvalue weighted by atomic mass is 35.5. The van der Waals surface area contributed by atoms with Crippen molar-refractivity contribution < 1.29 is 4.74 Å².